The number of aromatic nitrogens is 2. The van der Waals surface area contributed by atoms with E-state index < -0.39 is 0 Å². The summed E-state index contributed by atoms with van der Waals surface area (Å²) in [6.45, 7) is 6.75. The lowest BCUT2D eigenvalue weighted by Gasteiger charge is -2.15. The maximum Gasteiger partial charge on any atom is 0.142 e. The largest absolute Gasteiger partial charge is 0.495 e. The van der Waals surface area contributed by atoms with Crippen molar-refractivity contribution in [3.8, 4) is 5.75 Å². The van der Waals surface area contributed by atoms with Crippen LogP contribution in [0.3, 0.4) is 0 Å². The molecule has 0 saturated heterocycles. The van der Waals surface area contributed by atoms with E-state index in [4.69, 9.17) is 4.74 Å². The summed E-state index contributed by atoms with van der Waals surface area (Å²) >= 11 is 0. The summed E-state index contributed by atoms with van der Waals surface area (Å²) in [7, 11) is 1.66. The van der Waals surface area contributed by atoms with E-state index in [1.807, 2.05) is 45.0 Å². The third kappa shape index (κ3) is 2.99. The quantitative estimate of drug-likeness (QED) is 0.874. The van der Waals surface area contributed by atoms with E-state index in [2.05, 4.69) is 20.6 Å². The molecule has 0 fully saturated rings. The van der Waals surface area contributed by atoms with Gasteiger partial charge in [-0.3, -0.25) is 0 Å². The van der Waals surface area contributed by atoms with Crippen LogP contribution in [0.25, 0.3) is 0 Å². The lowest BCUT2D eigenvalue weighted by molar-refractivity contribution is 0.417. The average Bonchev–Trinajstić information content (AvgIpc) is 2.44. The van der Waals surface area contributed by atoms with Crippen LogP contribution in [0.1, 0.15) is 18.3 Å². The van der Waals surface area contributed by atoms with Gasteiger partial charge in [0.05, 0.1) is 12.8 Å². The number of ether oxygens (including phenoxy) is 1. The van der Waals surface area contributed by atoms with E-state index in [9.17, 15) is 0 Å². The molecule has 0 spiro atoms. The molecule has 0 unspecified atom stereocenters. The normalized spacial score (nSPS) is 10.2. The van der Waals surface area contributed by atoms with Crippen molar-refractivity contribution in [1.82, 2.24) is 9.97 Å². The van der Waals surface area contributed by atoms with Gasteiger partial charge in [-0.05, 0) is 32.9 Å². The fourth-order valence-corrected chi connectivity index (χ4v) is 1.97. The second-order valence-corrected chi connectivity index (χ2v) is 4.45. The number of para-hydroxylation sites is 2. The van der Waals surface area contributed by atoms with Crippen molar-refractivity contribution in [1.29, 1.82) is 0 Å². The predicted octanol–water partition coefficient (Wildman–Crippen LogP) is 3.28. The molecule has 2 N–H and O–H groups in total. The van der Waals surface area contributed by atoms with Gasteiger partial charge < -0.3 is 15.4 Å². The van der Waals surface area contributed by atoms with E-state index in [0.717, 1.165) is 41.0 Å². The molecule has 20 heavy (non-hydrogen) atoms. The molecule has 0 bridgehead atoms. The summed E-state index contributed by atoms with van der Waals surface area (Å²) in [6.07, 6.45) is 0. The zero-order valence-electron chi connectivity index (χ0n) is 12.3. The Bertz CT molecular complexity index is 598. The van der Waals surface area contributed by atoms with Crippen molar-refractivity contribution in [2.75, 3.05) is 24.3 Å². The van der Waals surface area contributed by atoms with Crippen LogP contribution in [0, 0.1) is 13.8 Å². The molecule has 0 saturated carbocycles. The van der Waals surface area contributed by atoms with Crippen LogP contribution >= 0.6 is 0 Å². The summed E-state index contributed by atoms with van der Waals surface area (Å²) in [6, 6.07) is 7.77. The van der Waals surface area contributed by atoms with E-state index >= 15 is 0 Å². The summed E-state index contributed by atoms with van der Waals surface area (Å²) in [5.74, 6) is 3.16. The smallest absolute Gasteiger partial charge is 0.142 e. The molecular formula is C15H20N4O. The molecule has 0 atom stereocenters. The summed E-state index contributed by atoms with van der Waals surface area (Å²) in [5, 5.41) is 6.56. The van der Waals surface area contributed by atoms with Crippen molar-refractivity contribution in [2.24, 2.45) is 0 Å². The van der Waals surface area contributed by atoms with Crippen LogP contribution in [0.5, 0.6) is 5.75 Å². The number of benzene rings is 1. The molecule has 1 aromatic carbocycles. The molecule has 5 nitrogen and oxygen atoms in total. The van der Waals surface area contributed by atoms with Crippen LogP contribution in [-0.4, -0.2) is 23.6 Å². The Morgan fingerprint density at radius 3 is 2.50 bits per heavy atom. The molecule has 2 rings (SSSR count). The Balaban J connectivity index is 2.38. The molecule has 2 aromatic rings. The first kappa shape index (κ1) is 14.1. The molecule has 0 aliphatic heterocycles. The topological polar surface area (TPSA) is 59.1 Å². The lowest BCUT2D eigenvalue weighted by Crippen LogP contribution is -2.08. The number of rotatable bonds is 5. The molecule has 5 heteroatoms. The lowest BCUT2D eigenvalue weighted by atomic mass is 10.2. The molecule has 0 aliphatic rings. The van der Waals surface area contributed by atoms with Crippen molar-refractivity contribution >= 4 is 17.3 Å². The third-order valence-corrected chi connectivity index (χ3v) is 2.96. The van der Waals surface area contributed by atoms with Gasteiger partial charge in [0, 0.05) is 12.1 Å². The first-order valence-corrected chi connectivity index (χ1v) is 6.64. The second kappa shape index (κ2) is 6.23. The number of nitrogens with zero attached hydrogens (tertiary/aromatic N) is 2. The van der Waals surface area contributed by atoms with Gasteiger partial charge >= 0.3 is 0 Å². The van der Waals surface area contributed by atoms with Crippen LogP contribution in [0.2, 0.25) is 0 Å². The molecule has 0 aliphatic carbocycles. The van der Waals surface area contributed by atoms with Gasteiger partial charge in [0.15, 0.2) is 0 Å². The Labute approximate surface area is 119 Å². The van der Waals surface area contributed by atoms with E-state index in [0.29, 0.717) is 0 Å². The highest BCUT2D eigenvalue weighted by Crippen LogP contribution is 2.29. The Kier molecular flexibility index (Phi) is 4.40. The zero-order chi connectivity index (χ0) is 14.5. The molecule has 0 radical (unpaired) electrons. The van der Waals surface area contributed by atoms with Crippen LogP contribution in [0.4, 0.5) is 17.3 Å². The molecule has 0 amide bonds. The monoisotopic (exact) mass is 272 g/mol. The maximum atomic E-state index is 5.34. The van der Waals surface area contributed by atoms with Crippen molar-refractivity contribution < 1.29 is 4.74 Å². The number of anilines is 3. The molecule has 1 heterocycles. The number of nitrogens with one attached hydrogen (secondary N) is 2. The van der Waals surface area contributed by atoms with E-state index in [-0.39, 0.29) is 0 Å². The first-order chi connectivity index (χ1) is 9.65. The molecule has 1 aromatic heterocycles. The minimum atomic E-state index is 0.726. The predicted molar refractivity (Wildman–Crippen MR) is 81.9 cm³/mol. The zero-order valence-corrected chi connectivity index (χ0v) is 12.3. The maximum absolute atomic E-state index is 5.34. The fraction of sp³-hybridized carbons (Fsp3) is 0.333. The number of aryl methyl sites for hydroxylation is 1. The highest BCUT2D eigenvalue weighted by Gasteiger charge is 2.10. The summed E-state index contributed by atoms with van der Waals surface area (Å²) < 4.78 is 5.34. The fourth-order valence-electron chi connectivity index (χ4n) is 1.97. The van der Waals surface area contributed by atoms with Crippen LogP contribution in [0.15, 0.2) is 24.3 Å². The van der Waals surface area contributed by atoms with Crippen molar-refractivity contribution in [2.45, 2.75) is 20.8 Å². The van der Waals surface area contributed by atoms with Gasteiger partial charge in [-0.15, -0.1) is 0 Å². The average molecular weight is 272 g/mol. The van der Waals surface area contributed by atoms with Gasteiger partial charge in [-0.1, -0.05) is 12.1 Å². The second-order valence-electron chi connectivity index (χ2n) is 4.45. The van der Waals surface area contributed by atoms with Crippen molar-refractivity contribution in [3.05, 3.63) is 35.7 Å². The van der Waals surface area contributed by atoms with Gasteiger partial charge in [0.2, 0.25) is 0 Å². The first-order valence-electron chi connectivity index (χ1n) is 6.64. The van der Waals surface area contributed by atoms with Gasteiger partial charge in [0.1, 0.15) is 23.2 Å². The van der Waals surface area contributed by atoms with Crippen LogP contribution < -0.4 is 15.4 Å². The molecular weight excluding hydrogens is 252 g/mol. The van der Waals surface area contributed by atoms with Gasteiger partial charge in [-0.25, -0.2) is 9.97 Å². The Morgan fingerprint density at radius 2 is 1.80 bits per heavy atom. The third-order valence-electron chi connectivity index (χ3n) is 2.96. The standard InChI is InChI=1S/C15H20N4O/c1-5-16-14-10(2)15(18-11(3)17-14)19-12-8-6-7-9-13(12)20-4/h6-9H,5H2,1-4H3,(H2,16,17,18,19). The number of hydrogen-bond acceptors (Lipinski definition) is 5. The van der Waals surface area contributed by atoms with Gasteiger partial charge in [-0.2, -0.15) is 0 Å². The number of hydrogen-bond donors (Lipinski definition) is 2. The summed E-state index contributed by atoms with van der Waals surface area (Å²) in [5.41, 5.74) is 1.88. The van der Waals surface area contributed by atoms with E-state index in [1.54, 1.807) is 7.11 Å². The highest BCUT2D eigenvalue weighted by molar-refractivity contribution is 5.68. The van der Waals surface area contributed by atoms with Crippen LogP contribution in [-0.2, 0) is 0 Å². The minimum absolute atomic E-state index is 0.726. The Morgan fingerprint density at radius 1 is 1.10 bits per heavy atom. The highest BCUT2D eigenvalue weighted by atomic mass is 16.5. The molecule has 106 valence electrons. The minimum Gasteiger partial charge on any atom is -0.495 e. The Hall–Kier alpha value is -2.30. The number of methoxy groups -OCH3 is 1. The summed E-state index contributed by atoms with van der Waals surface area (Å²) in [4.78, 5) is 8.88. The van der Waals surface area contributed by atoms with E-state index in [1.165, 1.54) is 0 Å². The van der Waals surface area contributed by atoms with Gasteiger partial charge in [0.25, 0.3) is 0 Å². The van der Waals surface area contributed by atoms with Crippen molar-refractivity contribution in [3.63, 3.8) is 0 Å². The SMILES string of the molecule is CCNc1nc(C)nc(Nc2ccccc2OC)c1C.